The average molecular weight is 313 g/mol. The molecule has 2 aromatic rings. The van der Waals surface area contributed by atoms with E-state index in [0.717, 1.165) is 16.9 Å². The van der Waals surface area contributed by atoms with Crippen molar-refractivity contribution in [2.45, 2.75) is 27.7 Å². The highest BCUT2D eigenvalue weighted by atomic mass is 16.5. The van der Waals surface area contributed by atoms with E-state index in [4.69, 9.17) is 9.47 Å². The molecule has 122 valence electrons. The molecule has 2 aromatic carbocycles. The molecule has 4 nitrogen and oxygen atoms in total. The van der Waals surface area contributed by atoms with Gasteiger partial charge in [-0.2, -0.15) is 0 Å². The summed E-state index contributed by atoms with van der Waals surface area (Å²) in [6, 6.07) is 11.4. The quantitative estimate of drug-likeness (QED) is 0.876. The number of nitrogens with one attached hydrogen (secondary N) is 1. The van der Waals surface area contributed by atoms with Crippen LogP contribution < -0.4 is 14.8 Å². The highest BCUT2D eigenvalue weighted by Crippen LogP contribution is 2.24. The van der Waals surface area contributed by atoms with Gasteiger partial charge in [0, 0.05) is 0 Å². The highest BCUT2D eigenvalue weighted by Gasteiger charge is 2.09. The molecule has 0 unspecified atom stereocenters. The van der Waals surface area contributed by atoms with Crippen molar-refractivity contribution in [3.05, 3.63) is 53.1 Å². The molecule has 1 amide bonds. The second-order valence-electron chi connectivity index (χ2n) is 5.47. The molecule has 0 atom stereocenters. The number of benzene rings is 2. The molecule has 2 rings (SSSR count). The van der Waals surface area contributed by atoms with Crippen LogP contribution in [0.2, 0.25) is 0 Å². The summed E-state index contributed by atoms with van der Waals surface area (Å²) in [5.41, 5.74) is 4.04. The van der Waals surface area contributed by atoms with Crippen molar-refractivity contribution in [3.63, 3.8) is 0 Å². The van der Waals surface area contributed by atoms with Gasteiger partial charge in [-0.3, -0.25) is 4.79 Å². The molecule has 0 bridgehead atoms. The molecule has 0 aromatic heterocycles. The summed E-state index contributed by atoms with van der Waals surface area (Å²) < 4.78 is 11.1. The van der Waals surface area contributed by atoms with Crippen molar-refractivity contribution in [2.24, 2.45) is 0 Å². The standard InChI is InChI=1S/C19H23NO3/c1-5-22-17-9-7-6-8-16(17)20-19(21)12-23-18-11-14(3)13(2)10-15(18)4/h6-11H,5,12H2,1-4H3,(H,20,21). The zero-order valence-corrected chi connectivity index (χ0v) is 14.1. The van der Waals surface area contributed by atoms with Crippen molar-refractivity contribution < 1.29 is 14.3 Å². The summed E-state index contributed by atoms with van der Waals surface area (Å²) >= 11 is 0. The van der Waals surface area contributed by atoms with Gasteiger partial charge < -0.3 is 14.8 Å². The fourth-order valence-corrected chi connectivity index (χ4v) is 2.27. The fraction of sp³-hybridized carbons (Fsp3) is 0.316. The zero-order chi connectivity index (χ0) is 16.8. The van der Waals surface area contributed by atoms with Gasteiger partial charge in [-0.15, -0.1) is 0 Å². The molecule has 0 spiro atoms. The SMILES string of the molecule is CCOc1ccccc1NC(=O)COc1cc(C)c(C)cc1C. The largest absolute Gasteiger partial charge is 0.492 e. The summed E-state index contributed by atoms with van der Waals surface area (Å²) in [6.07, 6.45) is 0. The summed E-state index contributed by atoms with van der Waals surface area (Å²) in [7, 11) is 0. The maximum absolute atomic E-state index is 12.1. The number of hydrogen-bond donors (Lipinski definition) is 1. The van der Waals surface area contributed by atoms with Crippen molar-refractivity contribution in [3.8, 4) is 11.5 Å². The average Bonchev–Trinajstić information content (AvgIpc) is 2.52. The number of para-hydroxylation sites is 2. The van der Waals surface area contributed by atoms with E-state index in [9.17, 15) is 4.79 Å². The summed E-state index contributed by atoms with van der Waals surface area (Å²) in [5, 5.41) is 2.82. The molecule has 1 N–H and O–H groups in total. The van der Waals surface area contributed by atoms with Crippen LogP contribution >= 0.6 is 0 Å². The van der Waals surface area contributed by atoms with Crippen molar-refractivity contribution in [1.29, 1.82) is 0 Å². The lowest BCUT2D eigenvalue weighted by molar-refractivity contribution is -0.118. The molecule has 0 fully saturated rings. The Morgan fingerprint density at radius 1 is 0.957 bits per heavy atom. The lowest BCUT2D eigenvalue weighted by Gasteiger charge is -2.13. The van der Waals surface area contributed by atoms with Gasteiger partial charge in [-0.25, -0.2) is 0 Å². The Morgan fingerprint density at radius 3 is 2.39 bits per heavy atom. The molecule has 23 heavy (non-hydrogen) atoms. The normalized spacial score (nSPS) is 10.3. The molecule has 0 aliphatic heterocycles. The molecule has 0 saturated heterocycles. The third-order valence-corrected chi connectivity index (χ3v) is 3.61. The Morgan fingerprint density at radius 2 is 1.65 bits per heavy atom. The Kier molecular flexibility index (Phi) is 5.63. The first-order chi connectivity index (χ1) is 11.0. The second-order valence-corrected chi connectivity index (χ2v) is 5.47. The number of amides is 1. The van der Waals surface area contributed by atoms with Crippen LogP contribution in [-0.2, 0) is 4.79 Å². The van der Waals surface area contributed by atoms with Gasteiger partial charge in [-0.05, 0) is 62.6 Å². The van der Waals surface area contributed by atoms with Gasteiger partial charge >= 0.3 is 0 Å². The van der Waals surface area contributed by atoms with Crippen LogP contribution in [0.15, 0.2) is 36.4 Å². The second kappa shape index (κ2) is 7.68. The number of aryl methyl sites for hydroxylation is 3. The molecule has 0 radical (unpaired) electrons. The summed E-state index contributed by atoms with van der Waals surface area (Å²) in [4.78, 5) is 12.1. The molecular formula is C19H23NO3. The van der Waals surface area contributed by atoms with Crippen molar-refractivity contribution >= 4 is 11.6 Å². The molecule has 0 aliphatic rings. The van der Waals surface area contributed by atoms with E-state index in [2.05, 4.69) is 18.3 Å². The first kappa shape index (κ1) is 16.9. The van der Waals surface area contributed by atoms with Crippen LogP contribution in [0.1, 0.15) is 23.6 Å². The highest BCUT2D eigenvalue weighted by molar-refractivity contribution is 5.93. The van der Waals surface area contributed by atoms with Gasteiger partial charge in [0.05, 0.1) is 12.3 Å². The van der Waals surface area contributed by atoms with Gasteiger partial charge in [0.15, 0.2) is 6.61 Å². The first-order valence-electron chi connectivity index (χ1n) is 7.73. The number of rotatable bonds is 6. The number of anilines is 1. The molecule has 0 saturated carbocycles. The van der Waals surface area contributed by atoms with E-state index in [-0.39, 0.29) is 12.5 Å². The third-order valence-electron chi connectivity index (χ3n) is 3.61. The van der Waals surface area contributed by atoms with Gasteiger partial charge in [-0.1, -0.05) is 18.2 Å². The number of carbonyl (C=O) groups is 1. The minimum absolute atomic E-state index is 0.0379. The van der Waals surface area contributed by atoms with Gasteiger partial charge in [0.1, 0.15) is 11.5 Å². The minimum Gasteiger partial charge on any atom is -0.492 e. The van der Waals surface area contributed by atoms with Crippen LogP contribution in [0.3, 0.4) is 0 Å². The summed E-state index contributed by atoms with van der Waals surface area (Å²) in [5.74, 6) is 1.18. The van der Waals surface area contributed by atoms with Crippen molar-refractivity contribution in [2.75, 3.05) is 18.5 Å². The van der Waals surface area contributed by atoms with Crippen LogP contribution in [0.5, 0.6) is 11.5 Å². The maximum Gasteiger partial charge on any atom is 0.262 e. The van der Waals surface area contributed by atoms with E-state index in [1.165, 1.54) is 5.56 Å². The number of carbonyl (C=O) groups excluding carboxylic acids is 1. The Balaban J connectivity index is 2.00. The topological polar surface area (TPSA) is 47.6 Å². The Labute approximate surface area is 137 Å². The van der Waals surface area contributed by atoms with Crippen LogP contribution in [0.25, 0.3) is 0 Å². The van der Waals surface area contributed by atoms with Gasteiger partial charge in [0.2, 0.25) is 0 Å². The number of hydrogen-bond acceptors (Lipinski definition) is 3. The minimum atomic E-state index is -0.213. The lowest BCUT2D eigenvalue weighted by Crippen LogP contribution is -2.21. The van der Waals surface area contributed by atoms with Crippen LogP contribution in [0, 0.1) is 20.8 Å². The Hall–Kier alpha value is -2.49. The molecule has 0 heterocycles. The van der Waals surface area contributed by atoms with Crippen molar-refractivity contribution in [1.82, 2.24) is 0 Å². The molecule has 0 aliphatic carbocycles. The van der Waals surface area contributed by atoms with E-state index in [0.29, 0.717) is 18.0 Å². The van der Waals surface area contributed by atoms with Gasteiger partial charge in [0.25, 0.3) is 5.91 Å². The monoisotopic (exact) mass is 313 g/mol. The first-order valence-corrected chi connectivity index (χ1v) is 7.73. The predicted octanol–water partition coefficient (Wildman–Crippen LogP) is 4.03. The smallest absolute Gasteiger partial charge is 0.262 e. The van der Waals surface area contributed by atoms with E-state index < -0.39 is 0 Å². The van der Waals surface area contributed by atoms with E-state index >= 15 is 0 Å². The summed E-state index contributed by atoms with van der Waals surface area (Å²) in [6.45, 7) is 8.48. The Bertz CT molecular complexity index is 695. The molecular weight excluding hydrogens is 290 g/mol. The molecule has 4 heteroatoms. The van der Waals surface area contributed by atoms with Crippen LogP contribution in [-0.4, -0.2) is 19.1 Å². The third kappa shape index (κ3) is 4.49. The predicted molar refractivity (Wildman–Crippen MR) is 92.4 cm³/mol. The maximum atomic E-state index is 12.1. The lowest BCUT2D eigenvalue weighted by atomic mass is 10.1. The zero-order valence-electron chi connectivity index (χ0n) is 14.1. The van der Waals surface area contributed by atoms with Crippen LogP contribution in [0.4, 0.5) is 5.69 Å². The van der Waals surface area contributed by atoms with E-state index in [1.54, 1.807) is 0 Å². The number of ether oxygens (including phenoxy) is 2. The van der Waals surface area contributed by atoms with E-state index in [1.807, 2.05) is 51.1 Å². The fourth-order valence-electron chi connectivity index (χ4n) is 2.27.